The number of carboxylic acids is 1. The lowest BCUT2D eigenvalue weighted by Gasteiger charge is -2.10. The van der Waals surface area contributed by atoms with E-state index in [1.807, 2.05) is 0 Å². The monoisotopic (exact) mass is 247 g/mol. The van der Waals surface area contributed by atoms with Crippen molar-refractivity contribution in [1.82, 2.24) is 5.32 Å². The zero-order chi connectivity index (χ0) is 11.4. The van der Waals surface area contributed by atoms with Crippen molar-refractivity contribution in [3.63, 3.8) is 0 Å². The number of nitrogens with one attached hydrogen (secondary N) is 1. The lowest BCUT2D eigenvalue weighted by molar-refractivity contribution is -0.139. The molecule has 0 saturated heterocycles. The number of aliphatic carboxylic acids is 1. The van der Waals surface area contributed by atoms with Gasteiger partial charge in [-0.1, -0.05) is 23.2 Å². The Morgan fingerprint density at radius 3 is 2.80 bits per heavy atom. The topological polar surface area (TPSA) is 49.3 Å². The predicted molar refractivity (Wildman–Crippen MR) is 60.4 cm³/mol. The van der Waals surface area contributed by atoms with Crippen molar-refractivity contribution < 1.29 is 9.90 Å². The van der Waals surface area contributed by atoms with Crippen molar-refractivity contribution in [3.8, 4) is 0 Å². The first-order valence-corrected chi connectivity index (χ1v) is 5.16. The number of carboxylic acid groups (broad SMARTS) is 1. The highest BCUT2D eigenvalue weighted by Crippen LogP contribution is 2.20. The minimum Gasteiger partial charge on any atom is -0.480 e. The fraction of sp³-hybridized carbons (Fsp3) is 0.300. The molecule has 1 rings (SSSR count). The molecule has 0 aliphatic heterocycles. The van der Waals surface area contributed by atoms with Gasteiger partial charge in [0.05, 0.1) is 0 Å². The maximum absolute atomic E-state index is 10.6. The Bertz CT molecular complexity index is 368. The van der Waals surface area contributed by atoms with Crippen LogP contribution in [0.25, 0.3) is 0 Å². The summed E-state index contributed by atoms with van der Waals surface area (Å²) in [7, 11) is 0. The molecule has 5 heteroatoms. The smallest absolute Gasteiger partial charge is 0.320 e. The molecule has 2 N–H and O–H groups in total. The Kier molecular flexibility index (Phi) is 4.39. The Morgan fingerprint density at radius 2 is 2.20 bits per heavy atom. The van der Waals surface area contributed by atoms with Gasteiger partial charge in [0.25, 0.3) is 0 Å². The van der Waals surface area contributed by atoms with Gasteiger partial charge in [-0.15, -0.1) is 0 Å². The van der Waals surface area contributed by atoms with Crippen LogP contribution in [0.3, 0.4) is 0 Å². The highest BCUT2D eigenvalue weighted by Gasteiger charge is 2.10. The van der Waals surface area contributed by atoms with Gasteiger partial charge in [0.2, 0.25) is 0 Å². The van der Waals surface area contributed by atoms with Gasteiger partial charge >= 0.3 is 5.97 Å². The summed E-state index contributed by atoms with van der Waals surface area (Å²) in [6.07, 6.45) is 0. The fourth-order valence-electron chi connectivity index (χ4n) is 1.03. The molecule has 0 amide bonds. The summed E-state index contributed by atoms with van der Waals surface area (Å²) in [6, 6.07) is 4.48. The van der Waals surface area contributed by atoms with Gasteiger partial charge in [-0.2, -0.15) is 0 Å². The number of benzene rings is 1. The quantitative estimate of drug-likeness (QED) is 0.860. The molecule has 82 valence electrons. The number of hydrogen-bond donors (Lipinski definition) is 2. The lowest BCUT2D eigenvalue weighted by Crippen LogP contribution is -2.33. The third-order valence-corrected chi connectivity index (χ3v) is 2.58. The summed E-state index contributed by atoms with van der Waals surface area (Å²) in [5, 5.41) is 12.6. The zero-order valence-electron chi connectivity index (χ0n) is 8.13. The molecule has 0 aromatic heterocycles. The summed E-state index contributed by atoms with van der Waals surface area (Å²) in [6.45, 7) is 1.95. The first kappa shape index (κ1) is 12.3. The normalized spacial score (nSPS) is 12.5. The van der Waals surface area contributed by atoms with E-state index in [1.165, 1.54) is 0 Å². The van der Waals surface area contributed by atoms with Gasteiger partial charge < -0.3 is 10.4 Å². The van der Waals surface area contributed by atoms with Gasteiger partial charge in [-0.05, 0) is 30.7 Å². The standard InChI is InChI=1S/C10H11Cl2NO2/c1-6(10(14)15)13-5-7-4-8(11)2-3-9(7)12/h2-4,6,13H,5H2,1H3,(H,14,15)/t6-/m1/s1. The van der Waals surface area contributed by atoms with E-state index in [0.717, 1.165) is 5.56 Å². The minimum absolute atomic E-state index is 0.382. The van der Waals surface area contributed by atoms with Crippen molar-refractivity contribution in [2.24, 2.45) is 0 Å². The van der Waals surface area contributed by atoms with Gasteiger partial charge in [-0.3, -0.25) is 4.79 Å². The number of halogens is 2. The van der Waals surface area contributed by atoms with E-state index in [9.17, 15) is 4.79 Å². The summed E-state index contributed by atoms with van der Waals surface area (Å²) >= 11 is 11.7. The Morgan fingerprint density at radius 1 is 1.53 bits per heavy atom. The van der Waals surface area contributed by atoms with Crippen molar-refractivity contribution in [3.05, 3.63) is 33.8 Å². The highest BCUT2D eigenvalue weighted by atomic mass is 35.5. The van der Waals surface area contributed by atoms with Crippen LogP contribution in [-0.4, -0.2) is 17.1 Å². The molecule has 0 heterocycles. The number of hydrogen-bond acceptors (Lipinski definition) is 2. The highest BCUT2D eigenvalue weighted by molar-refractivity contribution is 6.33. The van der Waals surface area contributed by atoms with E-state index in [1.54, 1.807) is 25.1 Å². The van der Waals surface area contributed by atoms with E-state index in [2.05, 4.69) is 5.32 Å². The van der Waals surface area contributed by atoms with Crippen molar-refractivity contribution in [2.45, 2.75) is 19.5 Å². The third-order valence-electron chi connectivity index (χ3n) is 1.98. The summed E-state index contributed by atoms with van der Waals surface area (Å²) in [5.41, 5.74) is 0.789. The van der Waals surface area contributed by atoms with Crippen molar-refractivity contribution in [1.29, 1.82) is 0 Å². The van der Waals surface area contributed by atoms with E-state index in [4.69, 9.17) is 28.3 Å². The molecule has 1 aromatic rings. The molecule has 1 atom stereocenters. The Balaban J connectivity index is 2.65. The fourth-order valence-corrected chi connectivity index (χ4v) is 1.41. The Labute approximate surface area is 98.0 Å². The largest absolute Gasteiger partial charge is 0.480 e. The second-order valence-electron chi connectivity index (χ2n) is 3.18. The van der Waals surface area contributed by atoms with Gasteiger partial charge in [-0.25, -0.2) is 0 Å². The summed E-state index contributed by atoms with van der Waals surface area (Å²) < 4.78 is 0. The first-order valence-electron chi connectivity index (χ1n) is 4.41. The van der Waals surface area contributed by atoms with Crippen LogP contribution in [0.2, 0.25) is 10.0 Å². The molecule has 15 heavy (non-hydrogen) atoms. The van der Waals surface area contributed by atoms with Gasteiger partial charge in [0.15, 0.2) is 0 Å². The minimum atomic E-state index is -0.895. The van der Waals surface area contributed by atoms with Crippen molar-refractivity contribution in [2.75, 3.05) is 0 Å². The molecular weight excluding hydrogens is 237 g/mol. The molecule has 0 bridgehead atoms. The zero-order valence-corrected chi connectivity index (χ0v) is 9.64. The molecule has 0 fully saturated rings. The number of rotatable bonds is 4. The Hall–Kier alpha value is -0.770. The molecule has 0 radical (unpaired) electrons. The van der Waals surface area contributed by atoms with Crippen LogP contribution in [0.4, 0.5) is 0 Å². The molecule has 0 aliphatic carbocycles. The lowest BCUT2D eigenvalue weighted by atomic mass is 10.2. The van der Waals surface area contributed by atoms with Crippen LogP contribution in [0, 0.1) is 0 Å². The first-order chi connectivity index (χ1) is 7.00. The average Bonchev–Trinajstić information content (AvgIpc) is 2.18. The van der Waals surface area contributed by atoms with Crippen LogP contribution >= 0.6 is 23.2 Å². The second kappa shape index (κ2) is 5.35. The molecule has 0 unspecified atom stereocenters. The van der Waals surface area contributed by atoms with Crippen molar-refractivity contribution >= 4 is 29.2 Å². The van der Waals surface area contributed by atoms with Crippen LogP contribution in [0.1, 0.15) is 12.5 Å². The van der Waals surface area contributed by atoms with E-state index >= 15 is 0 Å². The molecule has 1 aromatic carbocycles. The van der Waals surface area contributed by atoms with E-state index in [-0.39, 0.29) is 0 Å². The average molecular weight is 248 g/mol. The SMILES string of the molecule is C[C@@H](NCc1cc(Cl)ccc1Cl)C(=O)O. The molecule has 0 aliphatic rings. The maximum Gasteiger partial charge on any atom is 0.320 e. The number of carbonyl (C=O) groups is 1. The second-order valence-corrected chi connectivity index (χ2v) is 4.02. The van der Waals surface area contributed by atoms with Gasteiger partial charge in [0.1, 0.15) is 6.04 Å². The van der Waals surface area contributed by atoms with Gasteiger partial charge in [0, 0.05) is 16.6 Å². The summed E-state index contributed by atoms with van der Waals surface area (Å²) in [4.78, 5) is 10.6. The van der Waals surface area contributed by atoms with E-state index < -0.39 is 12.0 Å². The molecule has 3 nitrogen and oxygen atoms in total. The molecule has 0 spiro atoms. The third kappa shape index (κ3) is 3.70. The molecular formula is C10H11Cl2NO2. The van der Waals surface area contributed by atoms with Crippen LogP contribution in [-0.2, 0) is 11.3 Å². The maximum atomic E-state index is 10.6. The van der Waals surface area contributed by atoms with E-state index in [0.29, 0.717) is 16.6 Å². The van der Waals surface area contributed by atoms with Crippen LogP contribution < -0.4 is 5.32 Å². The summed E-state index contributed by atoms with van der Waals surface area (Å²) in [5.74, 6) is -0.895. The predicted octanol–water partition coefficient (Wildman–Crippen LogP) is 2.56. The van der Waals surface area contributed by atoms with Crippen LogP contribution in [0.5, 0.6) is 0 Å². The molecule has 0 saturated carbocycles. The van der Waals surface area contributed by atoms with Crippen LogP contribution in [0.15, 0.2) is 18.2 Å².